The summed E-state index contributed by atoms with van der Waals surface area (Å²) in [4.78, 5) is 21.5. The lowest BCUT2D eigenvalue weighted by Crippen LogP contribution is -2.54. The molecule has 2 atom stereocenters. The zero-order valence-corrected chi connectivity index (χ0v) is 15.0. The zero-order chi connectivity index (χ0) is 16.9. The van der Waals surface area contributed by atoms with Crippen LogP contribution in [0.4, 0.5) is 5.13 Å². The Kier molecular flexibility index (Phi) is 5.48. The van der Waals surface area contributed by atoms with Crippen molar-refractivity contribution in [1.29, 1.82) is 0 Å². The fraction of sp³-hybridized carbons (Fsp3) is 0.444. The van der Waals surface area contributed by atoms with Crippen LogP contribution in [-0.4, -0.2) is 48.0 Å². The average Bonchev–Trinajstić information content (AvgIpc) is 3.16. The molecule has 5 nitrogen and oxygen atoms in total. The van der Waals surface area contributed by atoms with Gasteiger partial charge in [0.25, 0.3) is 0 Å². The molecule has 128 valence electrons. The van der Waals surface area contributed by atoms with Gasteiger partial charge < -0.3 is 10.2 Å². The van der Waals surface area contributed by atoms with Crippen molar-refractivity contribution in [2.24, 2.45) is 0 Å². The van der Waals surface area contributed by atoms with Gasteiger partial charge in [0, 0.05) is 37.8 Å². The molecule has 0 bridgehead atoms. The van der Waals surface area contributed by atoms with Gasteiger partial charge in [-0.15, -0.1) is 11.3 Å². The Bertz CT molecular complexity index is 638. The second-order valence-electron chi connectivity index (χ2n) is 6.15. The maximum Gasteiger partial charge on any atom is 0.237 e. The van der Waals surface area contributed by atoms with Crippen molar-refractivity contribution in [3.63, 3.8) is 0 Å². The summed E-state index contributed by atoms with van der Waals surface area (Å²) in [5, 5.41) is 6.20. The summed E-state index contributed by atoms with van der Waals surface area (Å²) in [7, 11) is 0. The van der Waals surface area contributed by atoms with Gasteiger partial charge in [-0.2, -0.15) is 0 Å². The standard InChI is InChI=1S/C18H24N4OS/c1-14(16-6-4-3-5-7-16)20-17(23)15(2)21-9-11-22(12-10-21)18-19-8-13-24-18/h3-8,13-15H,9-12H2,1-2H3,(H,20,23)/t14-,15+/m1/s1. The van der Waals surface area contributed by atoms with Crippen LogP contribution in [0.25, 0.3) is 0 Å². The Balaban J connectivity index is 1.51. The number of benzene rings is 1. The Morgan fingerprint density at radius 1 is 1.17 bits per heavy atom. The van der Waals surface area contributed by atoms with Crippen molar-refractivity contribution in [2.75, 3.05) is 31.1 Å². The van der Waals surface area contributed by atoms with Crippen LogP contribution in [0.15, 0.2) is 41.9 Å². The van der Waals surface area contributed by atoms with E-state index in [9.17, 15) is 4.79 Å². The van der Waals surface area contributed by atoms with Gasteiger partial charge in [0.2, 0.25) is 5.91 Å². The minimum Gasteiger partial charge on any atom is -0.348 e. The fourth-order valence-electron chi connectivity index (χ4n) is 3.00. The molecule has 0 spiro atoms. The Hall–Kier alpha value is -1.92. The SMILES string of the molecule is C[C@@H](NC(=O)[C@H](C)N1CCN(c2nccs2)CC1)c1ccccc1. The molecule has 0 radical (unpaired) electrons. The summed E-state index contributed by atoms with van der Waals surface area (Å²) in [6, 6.07) is 9.98. The van der Waals surface area contributed by atoms with Gasteiger partial charge in [-0.3, -0.25) is 9.69 Å². The van der Waals surface area contributed by atoms with Crippen molar-refractivity contribution in [2.45, 2.75) is 25.9 Å². The van der Waals surface area contributed by atoms with E-state index in [1.54, 1.807) is 11.3 Å². The van der Waals surface area contributed by atoms with Gasteiger partial charge in [-0.1, -0.05) is 30.3 Å². The van der Waals surface area contributed by atoms with Crippen LogP contribution in [0.1, 0.15) is 25.5 Å². The molecule has 1 aliphatic heterocycles. The number of piperazine rings is 1. The van der Waals surface area contributed by atoms with E-state index in [4.69, 9.17) is 0 Å². The first-order valence-electron chi connectivity index (χ1n) is 8.39. The molecule has 0 unspecified atom stereocenters. The summed E-state index contributed by atoms with van der Waals surface area (Å²) in [6.07, 6.45) is 1.84. The molecule has 1 fully saturated rings. The summed E-state index contributed by atoms with van der Waals surface area (Å²) < 4.78 is 0. The summed E-state index contributed by atoms with van der Waals surface area (Å²) in [6.45, 7) is 7.62. The van der Waals surface area contributed by atoms with Crippen LogP contribution in [0, 0.1) is 0 Å². The highest BCUT2D eigenvalue weighted by atomic mass is 32.1. The highest BCUT2D eigenvalue weighted by molar-refractivity contribution is 7.13. The van der Waals surface area contributed by atoms with Gasteiger partial charge in [-0.25, -0.2) is 4.98 Å². The minimum atomic E-state index is -0.116. The molecule has 1 aliphatic rings. The number of hydrogen-bond donors (Lipinski definition) is 1. The van der Waals surface area contributed by atoms with Crippen LogP contribution >= 0.6 is 11.3 Å². The maximum atomic E-state index is 12.6. The third-order valence-corrected chi connectivity index (χ3v) is 5.42. The molecule has 1 aromatic carbocycles. The Labute approximate surface area is 147 Å². The third kappa shape index (κ3) is 3.94. The lowest BCUT2D eigenvalue weighted by molar-refractivity contribution is -0.126. The molecular formula is C18H24N4OS. The molecule has 1 N–H and O–H groups in total. The van der Waals surface area contributed by atoms with E-state index in [1.165, 1.54) is 0 Å². The normalized spacial score (nSPS) is 18.2. The zero-order valence-electron chi connectivity index (χ0n) is 14.2. The minimum absolute atomic E-state index is 0.0257. The highest BCUT2D eigenvalue weighted by Gasteiger charge is 2.27. The molecule has 2 heterocycles. The van der Waals surface area contributed by atoms with Gasteiger partial charge in [-0.05, 0) is 19.4 Å². The van der Waals surface area contributed by atoms with Gasteiger partial charge in [0.05, 0.1) is 12.1 Å². The van der Waals surface area contributed by atoms with Crippen LogP contribution in [0.5, 0.6) is 0 Å². The van der Waals surface area contributed by atoms with Crippen molar-refractivity contribution >= 4 is 22.4 Å². The van der Waals surface area contributed by atoms with Crippen LogP contribution in [0.3, 0.4) is 0 Å². The predicted molar refractivity (Wildman–Crippen MR) is 98.4 cm³/mol. The fourth-order valence-corrected chi connectivity index (χ4v) is 3.69. The number of carbonyl (C=O) groups is 1. The molecule has 2 aromatic rings. The largest absolute Gasteiger partial charge is 0.348 e. The third-order valence-electron chi connectivity index (χ3n) is 4.59. The molecule has 6 heteroatoms. The quantitative estimate of drug-likeness (QED) is 0.905. The molecule has 3 rings (SSSR count). The number of nitrogens with zero attached hydrogens (tertiary/aromatic N) is 3. The van der Waals surface area contributed by atoms with Crippen LogP contribution in [-0.2, 0) is 4.79 Å². The monoisotopic (exact) mass is 344 g/mol. The van der Waals surface area contributed by atoms with Gasteiger partial charge in [0.1, 0.15) is 0 Å². The summed E-state index contributed by atoms with van der Waals surface area (Å²) in [5.41, 5.74) is 1.13. The van der Waals surface area contributed by atoms with E-state index >= 15 is 0 Å². The van der Waals surface area contributed by atoms with Crippen LogP contribution in [0.2, 0.25) is 0 Å². The van der Waals surface area contributed by atoms with E-state index in [0.717, 1.165) is 36.9 Å². The lowest BCUT2D eigenvalue weighted by atomic mass is 10.1. The predicted octanol–water partition coefficient (Wildman–Crippen LogP) is 2.53. The van der Waals surface area contributed by atoms with Crippen LogP contribution < -0.4 is 10.2 Å². The van der Waals surface area contributed by atoms with E-state index in [1.807, 2.05) is 55.8 Å². The molecule has 0 aliphatic carbocycles. The molecular weight excluding hydrogens is 320 g/mol. The molecule has 0 saturated carbocycles. The highest BCUT2D eigenvalue weighted by Crippen LogP contribution is 2.20. The van der Waals surface area contributed by atoms with E-state index in [0.29, 0.717) is 0 Å². The number of thiazole rings is 1. The number of rotatable bonds is 5. The van der Waals surface area contributed by atoms with Crippen molar-refractivity contribution in [1.82, 2.24) is 15.2 Å². The van der Waals surface area contributed by atoms with Gasteiger partial charge in [0.15, 0.2) is 5.13 Å². The molecule has 24 heavy (non-hydrogen) atoms. The number of anilines is 1. The second-order valence-corrected chi connectivity index (χ2v) is 7.03. The first-order chi connectivity index (χ1) is 11.6. The number of amides is 1. The van der Waals surface area contributed by atoms with Gasteiger partial charge >= 0.3 is 0 Å². The first-order valence-corrected chi connectivity index (χ1v) is 9.27. The smallest absolute Gasteiger partial charge is 0.237 e. The maximum absolute atomic E-state index is 12.6. The topological polar surface area (TPSA) is 48.5 Å². The second kappa shape index (κ2) is 7.77. The Morgan fingerprint density at radius 2 is 1.88 bits per heavy atom. The van der Waals surface area contributed by atoms with E-state index < -0.39 is 0 Å². The van der Waals surface area contributed by atoms with Crippen molar-refractivity contribution in [3.8, 4) is 0 Å². The number of hydrogen-bond acceptors (Lipinski definition) is 5. The first kappa shape index (κ1) is 16.9. The van der Waals surface area contributed by atoms with Crippen molar-refractivity contribution in [3.05, 3.63) is 47.5 Å². The number of nitrogens with one attached hydrogen (secondary N) is 1. The Morgan fingerprint density at radius 3 is 2.50 bits per heavy atom. The number of carbonyl (C=O) groups excluding carboxylic acids is 1. The number of aromatic nitrogens is 1. The summed E-state index contributed by atoms with van der Waals surface area (Å²) in [5.74, 6) is 0.0917. The molecule has 1 aromatic heterocycles. The lowest BCUT2D eigenvalue weighted by Gasteiger charge is -2.37. The van der Waals surface area contributed by atoms with Crippen molar-refractivity contribution < 1.29 is 4.79 Å². The van der Waals surface area contributed by atoms with E-state index in [2.05, 4.69) is 20.1 Å². The molecule has 1 saturated heterocycles. The average molecular weight is 344 g/mol. The molecule has 1 amide bonds. The van der Waals surface area contributed by atoms with E-state index in [-0.39, 0.29) is 18.0 Å². The summed E-state index contributed by atoms with van der Waals surface area (Å²) >= 11 is 1.67.